The number of phosphoric ester groups is 1. The van der Waals surface area contributed by atoms with Crippen LogP contribution in [0.3, 0.4) is 0 Å². The first-order valence-electron chi connectivity index (χ1n) is 11.4. The van der Waals surface area contributed by atoms with Gasteiger partial charge in [0, 0.05) is 18.7 Å². The third-order valence-electron chi connectivity index (χ3n) is 5.86. The first-order valence-corrected chi connectivity index (χ1v) is 12.9. The van der Waals surface area contributed by atoms with Crippen LogP contribution < -0.4 is 9.84 Å². The Morgan fingerprint density at radius 1 is 0.943 bits per heavy atom. The van der Waals surface area contributed by atoms with Crippen LogP contribution in [0.2, 0.25) is 0 Å². The lowest BCUT2D eigenvalue weighted by Gasteiger charge is -2.25. The van der Waals surface area contributed by atoms with Crippen molar-refractivity contribution >= 4 is 19.6 Å². The molecule has 1 fully saturated rings. The van der Waals surface area contributed by atoms with Gasteiger partial charge in [0.1, 0.15) is 11.8 Å². The molecule has 182 valence electrons. The molecule has 4 rings (SSSR count). The van der Waals surface area contributed by atoms with Crippen LogP contribution in [0.4, 0.5) is 0 Å². The second-order valence-electron chi connectivity index (χ2n) is 8.45. The first kappa shape index (κ1) is 24.7. The Kier molecular flexibility index (Phi) is 7.66. The lowest BCUT2D eigenvalue weighted by Crippen LogP contribution is -2.47. The molecule has 3 N–H and O–H groups in total. The molecule has 0 bridgehead atoms. The fraction of sp³-hybridized carbons (Fsp3) is 0.231. The topological polar surface area (TPSA) is 116 Å². The second-order valence-corrected chi connectivity index (χ2v) is 9.61. The smallest absolute Gasteiger partial charge is 0.404 e. The van der Waals surface area contributed by atoms with E-state index in [9.17, 15) is 14.2 Å². The summed E-state index contributed by atoms with van der Waals surface area (Å²) in [5, 5.41) is 2.81. The van der Waals surface area contributed by atoms with E-state index in [1.807, 2.05) is 42.5 Å². The number of carbonyl (C=O) groups is 2. The summed E-state index contributed by atoms with van der Waals surface area (Å²) in [6.07, 6.45) is 2.22. The van der Waals surface area contributed by atoms with Crippen molar-refractivity contribution in [1.29, 1.82) is 0 Å². The summed E-state index contributed by atoms with van der Waals surface area (Å²) in [5.74, 6) is -0.602. The van der Waals surface area contributed by atoms with Crippen LogP contribution in [-0.4, -0.2) is 39.1 Å². The van der Waals surface area contributed by atoms with Gasteiger partial charge in [0.2, 0.25) is 5.91 Å². The van der Waals surface area contributed by atoms with Gasteiger partial charge in [0.15, 0.2) is 0 Å². The lowest BCUT2D eigenvalue weighted by atomic mass is 10.0. The highest BCUT2D eigenvalue weighted by molar-refractivity contribution is 7.46. The van der Waals surface area contributed by atoms with E-state index in [1.165, 1.54) is 24.3 Å². The molecule has 0 unspecified atom stereocenters. The van der Waals surface area contributed by atoms with Crippen LogP contribution in [0.1, 0.15) is 35.2 Å². The Bertz CT molecular complexity index is 1210. The van der Waals surface area contributed by atoms with E-state index in [1.54, 1.807) is 4.90 Å². The summed E-state index contributed by atoms with van der Waals surface area (Å²) in [6.45, 7) is 1.09. The Labute approximate surface area is 203 Å². The third-order valence-corrected chi connectivity index (χ3v) is 6.31. The standard InChI is InChI=1S/C26H27N2O6P/c29-25(22-13-15-23(16-14-22)34-35(31,32)33)27-24-8-4-5-17-28(26(24)30)18-19-9-11-21(12-10-19)20-6-2-1-3-7-20/h1-3,6-7,9-16,24H,4-5,8,17-18H2,(H,27,29)(H2,31,32,33)/t24-/m0/s1. The number of benzene rings is 3. The van der Waals surface area contributed by atoms with E-state index in [0.29, 0.717) is 19.5 Å². The largest absolute Gasteiger partial charge is 0.524 e. The zero-order valence-electron chi connectivity index (χ0n) is 19.0. The molecular formula is C26H27N2O6P. The normalized spacial score (nSPS) is 16.5. The highest BCUT2D eigenvalue weighted by Crippen LogP contribution is 2.37. The van der Waals surface area contributed by atoms with Crippen molar-refractivity contribution in [2.45, 2.75) is 31.8 Å². The van der Waals surface area contributed by atoms with Crippen molar-refractivity contribution in [3.05, 3.63) is 90.0 Å². The molecule has 1 atom stereocenters. The van der Waals surface area contributed by atoms with Crippen molar-refractivity contribution in [3.8, 4) is 16.9 Å². The molecule has 0 aliphatic carbocycles. The molecule has 0 spiro atoms. The molecule has 8 nitrogen and oxygen atoms in total. The summed E-state index contributed by atoms with van der Waals surface area (Å²) >= 11 is 0. The summed E-state index contributed by atoms with van der Waals surface area (Å²) in [6, 6.07) is 23.0. The van der Waals surface area contributed by atoms with Gasteiger partial charge in [-0.2, -0.15) is 0 Å². The molecule has 1 aliphatic heterocycles. The average molecular weight is 494 g/mol. The minimum absolute atomic E-state index is 0.0510. The SMILES string of the molecule is O=C(N[C@H]1CCCCN(Cc2ccc(-c3ccccc3)cc2)C1=O)c1ccc(OP(=O)(O)O)cc1. The molecule has 1 heterocycles. The van der Waals surface area contributed by atoms with Gasteiger partial charge >= 0.3 is 7.82 Å². The maximum Gasteiger partial charge on any atom is 0.524 e. The number of nitrogens with zero attached hydrogens (tertiary/aromatic N) is 1. The van der Waals surface area contributed by atoms with Gasteiger partial charge < -0.3 is 14.7 Å². The summed E-state index contributed by atoms with van der Waals surface area (Å²) in [4.78, 5) is 45.5. The van der Waals surface area contributed by atoms with Gasteiger partial charge in [-0.3, -0.25) is 19.4 Å². The quantitative estimate of drug-likeness (QED) is 0.425. The third kappa shape index (κ3) is 6.79. The highest BCUT2D eigenvalue weighted by atomic mass is 31.2. The molecule has 3 aromatic rings. The minimum atomic E-state index is -4.67. The van der Waals surface area contributed by atoms with Crippen LogP contribution >= 0.6 is 7.82 Å². The first-order chi connectivity index (χ1) is 16.8. The van der Waals surface area contributed by atoms with Crippen LogP contribution in [0.5, 0.6) is 5.75 Å². The predicted molar refractivity (Wildman–Crippen MR) is 132 cm³/mol. The van der Waals surface area contributed by atoms with Crippen molar-refractivity contribution in [1.82, 2.24) is 10.2 Å². The molecule has 35 heavy (non-hydrogen) atoms. The van der Waals surface area contributed by atoms with Crippen LogP contribution in [-0.2, 0) is 15.9 Å². The van der Waals surface area contributed by atoms with Crippen LogP contribution in [0.15, 0.2) is 78.9 Å². The van der Waals surface area contributed by atoms with E-state index >= 15 is 0 Å². The number of rotatable bonds is 7. The number of amides is 2. The second kappa shape index (κ2) is 10.9. The van der Waals surface area contributed by atoms with Gasteiger partial charge in [0.25, 0.3) is 5.91 Å². The number of likely N-dealkylation sites (tertiary alicyclic amines) is 1. The Morgan fingerprint density at radius 3 is 2.26 bits per heavy atom. The molecule has 0 radical (unpaired) electrons. The molecule has 2 amide bonds. The number of hydrogen-bond acceptors (Lipinski definition) is 4. The summed E-state index contributed by atoms with van der Waals surface area (Å²) in [7, 11) is -4.67. The van der Waals surface area contributed by atoms with E-state index in [2.05, 4.69) is 22.0 Å². The Morgan fingerprint density at radius 2 is 1.60 bits per heavy atom. The predicted octanol–water partition coefficient (Wildman–Crippen LogP) is 4.14. The van der Waals surface area contributed by atoms with Crippen molar-refractivity contribution in [2.75, 3.05) is 6.54 Å². The fourth-order valence-corrected chi connectivity index (χ4v) is 4.49. The van der Waals surface area contributed by atoms with E-state index < -0.39 is 19.8 Å². The molecule has 0 saturated carbocycles. The van der Waals surface area contributed by atoms with Gasteiger partial charge in [-0.1, -0.05) is 54.6 Å². The maximum atomic E-state index is 13.2. The zero-order valence-corrected chi connectivity index (χ0v) is 19.9. The van der Waals surface area contributed by atoms with E-state index in [4.69, 9.17) is 9.79 Å². The molecule has 1 aliphatic rings. The van der Waals surface area contributed by atoms with Crippen LogP contribution in [0, 0.1) is 0 Å². The van der Waals surface area contributed by atoms with Crippen molar-refractivity contribution in [2.24, 2.45) is 0 Å². The Balaban J connectivity index is 1.39. The van der Waals surface area contributed by atoms with E-state index in [-0.39, 0.29) is 17.2 Å². The minimum Gasteiger partial charge on any atom is -0.404 e. The van der Waals surface area contributed by atoms with Crippen molar-refractivity contribution < 1.29 is 28.5 Å². The molecule has 9 heteroatoms. The highest BCUT2D eigenvalue weighted by Gasteiger charge is 2.28. The Hall–Kier alpha value is -3.45. The number of phosphoric acid groups is 1. The molecule has 3 aromatic carbocycles. The van der Waals surface area contributed by atoms with Gasteiger partial charge in [0.05, 0.1) is 0 Å². The van der Waals surface area contributed by atoms with E-state index in [0.717, 1.165) is 29.5 Å². The zero-order chi connectivity index (χ0) is 24.8. The van der Waals surface area contributed by atoms with Crippen molar-refractivity contribution in [3.63, 3.8) is 0 Å². The molecule has 0 aromatic heterocycles. The fourth-order valence-electron chi connectivity index (χ4n) is 4.10. The van der Waals surface area contributed by atoms with Gasteiger partial charge in [-0.15, -0.1) is 0 Å². The number of hydrogen-bond donors (Lipinski definition) is 3. The summed E-state index contributed by atoms with van der Waals surface area (Å²) < 4.78 is 15.4. The summed E-state index contributed by atoms with van der Waals surface area (Å²) in [5.41, 5.74) is 3.53. The lowest BCUT2D eigenvalue weighted by molar-refractivity contribution is -0.133. The number of nitrogens with one attached hydrogen (secondary N) is 1. The number of carbonyl (C=O) groups excluding carboxylic acids is 2. The average Bonchev–Trinajstić information content (AvgIpc) is 3.01. The van der Waals surface area contributed by atoms with Crippen LogP contribution in [0.25, 0.3) is 11.1 Å². The molecule has 1 saturated heterocycles. The molecular weight excluding hydrogens is 467 g/mol. The maximum absolute atomic E-state index is 13.2. The van der Waals surface area contributed by atoms with Gasteiger partial charge in [-0.05, 0) is 60.2 Å². The van der Waals surface area contributed by atoms with Gasteiger partial charge in [-0.25, -0.2) is 4.57 Å². The monoisotopic (exact) mass is 494 g/mol.